The molecule has 10 nitrogen and oxygen atoms in total. The Morgan fingerprint density at radius 2 is 1.34 bits per heavy atom. The lowest BCUT2D eigenvalue weighted by Crippen LogP contribution is -2.63. The van der Waals surface area contributed by atoms with Crippen molar-refractivity contribution < 1.29 is 75.9 Å². The van der Waals surface area contributed by atoms with E-state index < -0.39 is 63.9 Å². The van der Waals surface area contributed by atoms with E-state index in [0.29, 0.717) is 31.2 Å². The third-order valence-electron chi connectivity index (χ3n) is 7.16. The minimum atomic E-state index is -7.44. The van der Waals surface area contributed by atoms with Gasteiger partial charge in [-0.25, -0.2) is 4.18 Å². The fraction of sp³-hybridized carbons (Fsp3) is 0.800. The molecule has 0 aromatic carbocycles. The van der Waals surface area contributed by atoms with E-state index in [1.807, 2.05) is 20.8 Å². The summed E-state index contributed by atoms with van der Waals surface area (Å²) >= 11 is 0. The number of pyridine rings is 1. The van der Waals surface area contributed by atoms with Crippen molar-refractivity contribution in [3.05, 3.63) is 30.1 Å². The normalized spacial score (nSPS) is 20.4. The molecule has 1 aromatic heterocycles. The highest BCUT2D eigenvalue weighted by Crippen LogP contribution is 2.55. The summed E-state index contributed by atoms with van der Waals surface area (Å²) in [6.07, 6.45) is -4.69. The van der Waals surface area contributed by atoms with Gasteiger partial charge in [0.2, 0.25) is 12.2 Å². The molecule has 50 heavy (non-hydrogen) atoms. The number of carbonyl (C=O) groups is 1. The summed E-state index contributed by atoms with van der Waals surface area (Å²) in [5.74, 6) is -15.3. The molecular formula is C30H45F9N2O8S. The van der Waals surface area contributed by atoms with E-state index in [-0.39, 0.29) is 26.4 Å². The Labute approximate surface area is 285 Å². The van der Waals surface area contributed by atoms with Crippen molar-refractivity contribution in [3.63, 3.8) is 0 Å². The number of unbranched alkanes of at least 4 members (excludes halogenated alkanes) is 6. The van der Waals surface area contributed by atoms with Crippen LogP contribution < -0.4 is 5.73 Å². The third-order valence-corrected chi connectivity index (χ3v) is 8.48. The monoisotopic (exact) mass is 764 g/mol. The van der Waals surface area contributed by atoms with Gasteiger partial charge in [0.1, 0.15) is 18.3 Å². The maximum absolute atomic E-state index is 14.3. The molecule has 292 valence electrons. The molecule has 1 aliphatic heterocycles. The van der Waals surface area contributed by atoms with Crippen molar-refractivity contribution >= 4 is 16.0 Å². The van der Waals surface area contributed by atoms with Crippen LogP contribution in [0.25, 0.3) is 0 Å². The molecule has 0 unspecified atom stereocenters. The number of amides is 1. The number of carbonyl (C=O) groups excluding carboxylic acids is 1. The summed E-state index contributed by atoms with van der Waals surface area (Å²) in [4.78, 5) is 14.1. The fourth-order valence-corrected chi connectivity index (χ4v) is 5.26. The largest absolute Gasteiger partial charge is 0.460 e. The predicted molar refractivity (Wildman–Crippen MR) is 161 cm³/mol. The molecule has 20 heteroatoms. The average Bonchev–Trinajstić information content (AvgIpc) is 3.35. The van der Waals surface area contributed by atoms with Crippen LogP contribution >= 0.6 is 0 Å². The lowest BCUT2D eigenvalue weighted by Gasteiger charge is -2.33. The second kappa shape index (κ2) is 20.7. The van der Waals surface area contributed by atoms with E-state index in [9.17, 15) is 52.7 Å². The molecule has 1 aliphatic rings. The molecule has 0 radical (unpaired) electrons. The summed E-state index contributed by atoms with van der Waals surface area (Å²) in [6.45, 7) is 5.56. The molecule has 0 spiro atoms. The van der Waals surface area contributed by atoms with Crippen LogP contribution in [0.2, 0.25) is 0 Å². The number of alkyl halides is 9. The number of primary amides is 1. The number of nitrogens with zero attached hydrogens (tertiary/aromatic N) is 1. The second-order valence-corrected chi connectivity index (χ2v) is 12.8. The van der Waals surface area contributed by atoms with Gasteiger partial charge in [-0.05, 0) is 31.4 Å². The summed E-state index contributed by atoms with van der Waals surface area (Å²) in [5.41, 5.74) is 5.38. The smallest absolute Gasteiger partial charge is 0.379 e. The summed E-state index contributed by atoms with van der Waals surface area (Å²) < 4.78 is 171. The summed E-state index contributed by atoms with van der Waals surface area (Å²) in [5, 5.41) is -7.03. The maximum Gasteiger partial charge on any atom is 0.460 e. The van der Waals surface area contributed by atoms with Gasteiger partial charge >= 0.3 is 33.4 Å². The number of ether oxygens (including phenoxy) is 4. The number of hydrogen-bond donors (Lipinski definition) is 1. The van der Waals surface area contributed by atoms with Crippen molar-refractivity contribution in [1.29, 1.82) is 0 Å². The Bertz CT molecular complexity index is 1230. The van der Waals surface area contributed by atoms with Gasteiger partial charge in [-0.2, -0.15) is 47.9 Å². The van der Waals surface area contributed by atoms with Crippen molar-refractivity contribution in [2.45, 2.75) is 126 Å². The summed E-state index contributed by atoms with van der Waals surface area (Å²) in [6, 6.07) is 3.29. The molecule has 2 heterocycles. The minimum Gasteiger partial charge on any atom is -0.379 e. The van der Waals surface area contributed by atoms with E-state index in [1.165, 1.54) is 6.20 Å². The van der Waals surface area contributed by atoms with Crippen molar-refractivity contribution in [1.82, 2.24) is 4.98 Å². The Morgan fingerprint density at radius 3 is 1.78 bits per heavy atom. The number of aromatic nitrogens is 1. The number of rotatable bonds is 22. The molecule has 2 N–H and O–H groups in total. The van der Waals surface area contributed by atoms with Gasteiger partial charge in [0.05, 0.1) is 12.2 Å². The Hall–Kier alpha value is -2.26. The second-order valence-electron chi connectivity index (χ2n) is 11.2. The van der Waals surface area contributed by atoms with Gasteiger partial charge in [0, 0.05) is 32.2 Å². The van der Waals surface area contributed by atoms with Gasteiger partial charge in [-0.15, -0.1) is 0 Å². The lowest BCUT2D eigenvalue weighted by molar-refractivity contribution is -0.383. The van der Waals surface area contributed by atoms with Crippen LogP contribution in [0.1, 0.15) is 88.9 Å². The molecule has 0 aliphatic carbocycles. The first-order chi connectivity index (χ1) is 23.2. The van der Waals surface area contributed by atoms with Gasteiger partial charge < -0.3 is 24.7 Å². The third kappa shape index (κ3) is 12.5. The van der Waals surface area contributed by atoms with E-state index in [1.54, 1.807) is 18.3 Å². The molecule has 0 bridgehead atoms. The van der Waals surface area contributed by atoms with Crippen molar-refractivity contribution in [2.24, 2.45) is 5.73 Å². The van der Waals surface area contributed by atoms with Gasteiger partial charge in [-0.1, -0.05) is 59.3 Å². The first-order valence-electron chi connectivity index (χ1n) is 16.0. The van der Waals surface area contributed by atoms with E-state index in [2.05, 4.69) is 9.17 Å². The molecule has 0 saturated carbocycles. The van der Waals surface area contributed by atoms with Crippen molar-refractivity contribution in [3.8, 4) is 0 Å². The number of hydrogen-bond acceptors (Lipinski definition) is 9. The minimum absolute atomic E-state index is 0.0640. The molecule has 1 amide bonds. The topological polar surface area (TPSA) is 136 Å². The highest BCUT2D eigenvalue weighted by Gasteiger charge is 2.86. The van der Waals surface area contributed by atoms with E-state index >= 15 is 0 Å². The molecule has 1 fully saturated rings. The van der Waals surface area contributed by atoms with Crippen LogP contribution in [0.15, 0.2) is 24.5 Å². The fourth-order valence-electron chi connectivity index (χ4n) is 4.29. The van der Waals surface area contributed by atoms with Crippen LogP contribution in [-0.4, -0.2) is 93.6 Å². The van der Waals surface area contributed by atoms with E-state index in [4.69, 9.17) is 24.7 Å². The lowest BCUT2D eigenvalue weighted by atomic mass is 10.1. The average molecular weight is 765 g/mol. The van der Waals surface area contributed by atoms with Crippen LogP contribution in [-0.2, 0) is 33.2 Å². The Balaban J connectivity index is 0.00000119. The molecule has 1 aromatic rings. The summed E-state index contributed by atoms with van der Waals surface area (Å²) in [7, 11) is -7.19. The van der Waals surface area contributed by atoms with Crippen LogP contribution in [0, 0.1) is 0 Å². The van der Waals surface area contributed by atoms with Gasteiger partial charge in [-0.3, -0.25) is 9.78 Å². The molecule has 1 saturated heterocycles. The molecule has 2 rings (SSSR count). The molecule has 4 atom stereocenters. The standard InChI is InChI=1S/C24H39F9O7S.C6H6N2O/c1-4-7-10-13-36-16-17-18(37-14-11-8-5-2)19(38-15-12-9-6-3)20(39-17)40-41(34,35)24(32,33)22(27,28)21(25,26)23(29,30)31;7-6(9)5-2-1-3-8-4-5/h17-20H,4-16H2,1-3H3;1-4H,(H2,7,9)/t17-,18-,19-,20+;/m1./s1. The number of halogens is 9. The quantitative estimate of drug-likeness (QED) is 0.0751. The van der Waals surface area contributed by atoms with Crippen molar-refractivity contribution in [2.75, 3.05) is 26.4 Å². The Kier molecular flexibility index (Phi) is 18.9. The zero-order chi connectivity index (χ0) is 38.2. The van der Waals surface area contributed by atoms with E-state index in [0.717, 1.165) is 32.1 Å². The zero-order valence-electron chi connectivity index (χ0n) is 27.9. The maximum atomic E-state index is 14.3. The predicted octanol–water partition coefficient (Wildman–Crippen LogP) is 7.02. The molecular weight excluding hydrogens is 719 g/mol. The Morgan fingerprint density at radius 1 is 0.820 bits per heavy atom. The highest BCUT2D eigenvalue weighted by molar-refractivity contribution is 7.87. The first kappa shape index (κ1) is 45.8. The van der Waals surface area contributed by atoms with Gasteiger partial charge in [0.15, 0.2) is 0 Å². The first-order valence-corrected chi connectivity index (χ1v) is 17.4. The SMILES string of the molecule is CCCCCOC[C@H]1O[C@@H](OS(=O)(=O)C(F)(F)C(F)(F)C(F)(F)C(F)(F)F)[C@H](OCCCCC)[C@@H]1OCCCCC.NC(=O)c1cccnc1. The van der Waals surface area contributed by atoms with Crippen LogP contribution in [0.4, 0.5) is 39.5 Å². The number of nitrogens with two attached hydrogens (primary N) is 1. The van der Waals surface area contributed by atoms with Crippen LogP contribution in [0.5, 0.6) is 0 Å². The van der Waals surface area contributed by atoms with Crippen LogP contribution in [0.3, 0.4) is 0 Å². The zero-order valence-corrected chi connectivity index (χ0v) is 28.7. The highest BCUT2D eigenvalue weighted by atomic mass is 32.2. The van der Waals surface area contributed by atoms with Gasteiger partial charge in [0.25, 0.3) is 0 Å².